The second kappa shape index (κ2) is 13.0. The van der Waals surface area contributed by atoms with Crippen molar-refractivity contribution in [2.24, 2.45) is 10.2 Å². The molecule has 14 heteroatoms. The monoisotopic (exact) mass is 648 g/mol. The number of hydrogen-bond donors (Lipinski definition) is 2. The van der Waals surface area contributed by atoms with E-state index in [1.54, 1.807) is 24.3 Å². The maximum absolute atomic E-state index is 12.7. The van der Waals surface area contributed by atoms with Crippen LogP contribution in [0.2, 0.25) is 0 Å². The molecule has 0 saturated heterocycles. The van der Waals surface area contributed by atoms with E-state index in [1.807, 2.05) is 0 Å². The molecule has 0 fully saturated rings. The number of amides is 4. The molecule has 48 heavy (non-hydrogen) atoms. The van der Waals surface area contributed by atoms with E-state index >= 15 is 0 Å². The van der Waals surface area contributed by atoms with Gasteiger partial charge in [0.1, 0.15) is 35.8 Å². The zero-order chi connectivity index (χ0) is 33.9. The van der Waals surface area contributed by atoms with Gasteiger partial charge in [-0.2, -0.15) is 10.2 Å². The molecule has 0 unspecified atom stereocenters. The Labute approximate surface area is 271 Å². The molecule has 2 heterocycles. The van der Waals surface area contributed by atoms with Crippen LogP contribution in [0.1, 0.15) is 62.1 Å². The van der Waals surface area contributed by atoms with Crippen LogP contribution in [0.25, 0.3) is 0 Å². The Kier molecular flexibility index (Phi) is 8.45. The molecule has 0 spiro atoms. The Morgan fingerprint density at radius 3 is 1.21 bits per heavy atom. The van der Waals surface area contributed by atoms with Gasteiger partial charge in [-0.05, 0) is 60.7 Å². The predicted octanol–water partition coefficient (Wildman–Crippen LogP) is 4.42. The highest BCUT2D eigenvalue weighted by Crippen LogP contribution is 2.29. The third-order valence-electron chi connectivity index (χ3n) is 7.53. The Morgan fingerprint density at radius 1 is 0.542 bits per heavy atom. The summed E-state index contributed by atoms with van der Waals surface area (Å²) in [5, 5.41) is 28.5. The van der Waals surface area contributed by atoms with Gasteiger partial charge in [0.2, 0.25) is 0 Å². The molecule has 2 aliphatic heterocycles. The molecular weight excluding hydrogens is 624 g/mol. The van der Waals surface area contributed by atoms with Crippen LogP contribution in [-0.4, -0.2) is 81.9 Å². The van der Waals surface area contributed by atoms with Gasteiger partial charge in [-0.15, -0.1) is 0 Å². The summed E-state index contributed by atoms with van der Waals surface area (Å²) < 4.78 is 10.4. The van der Waals surface area contributed by atoms with E-state index in [0.29, 0.717) is 0 Å². The van der Waals surface area contributed by atoms with E-state index in [4.69, 9.17) is 9.47 Å². The molecule has 0 atom stereocenters. The summed E-state index contributed by atoms with van der Waals surface area (Å²) >= 11 is 0. The number of nitrogens with zero attached hydrogens (tertiary/aromatic N) is 4. The summed E-state index contributed by atoms with van der Waals surface area (Å²) in [5.41, 5.74) is 0.812. The van der Waals surface area contributed by atoms with Crippen molar-refractivity contribution in [3.8, 4) is 11.5 Å². The topological polar surface area (TPSA) is 193 Å². The molecule has 2 N–H and O–H groups in total. The van der Waals surface area contributed by atoms with Gasteiger partial charge >= 0.3 is 11.9 Å². The standard InChI is InChI=1S/C34H24N4O10/c39-27-11-9-19(17-25(27)33(45)47-15-13-37-29(41)21-5-1-2-6-22(21)30(37)42)35-36-20-10-12-28(40)26(18-20)34(46)48-16-14-38-31(43)23-7-3-4-8-24(23)32(38)44/h1-12,17-18,39-40H,13-16H2/b36-35+. The Bertz CT molecular complexity index is 1840. The van der Waals surface area contributed by atoms with Crippen LogP contribution in [0.3, 0.4) is 0 Å². The van der Waals surface area contributed by atoms with E-state index in [0.717, 1.165) is 9.80 Å². The largest absolute Gasteiger partial charge is 0.507 e. The molecule has 4 aromatic carbocycles. The number of rotatable bonds is 10. The first-order valence-corrected chi connectivity index (χ1v) is 14.5. The van der Waals surface area contributed by atoms with Crippen LogP contribution in [0.15, 0.2) is 95.2 Å². The van der Waals surface area contributed by atoms with Crippen LogP contribution >= 0.6 is 0 Å². The lowest BCUT2D eigenvalue weighted by atomic mass is 10.1. The SMILES string of the molecule is O=C(OCCN1C(=O)c2ccccc2C1=O)c1cc(/N=N/c2ccc(O)c(C(=O)OCCN3C(=O)c4ccccc4C3=O)c2)ccc1O. The zero-order valence-corrected chi connectivity index (χ0v) is 24.9. The van der Waals surface area contributed by atoms with E-state index in [1.165, 1.54) is 60.7 Å². The number of ether oxygens (including phenoxy) is 2. The highest BCUT2D eigenvalue weighted by atomic mass is 16.5. The number of azo groups is 1. The number of hydrogen-bond acceptors (Lipinski definition) is 12. The molecule has 0 aliphatic carbocycles. The highest BCUT2D eigenvalue weighted by Gasteiger charge is 2.36. The molecule has 0 aromatic heterocycles. The van der Waals surface area contributed by atoms with Gasteiger partial charge in [-0.25, -0.2) is 9.59 Å². The number of esters is 2. The first-order valence-electron chi connectivity index (χ1n) is 14.5. The second-order valence-electron chi connectivity index (χ2n) is 10.5. The number of carbonyl (C=O) groups excluding carboxylic acids is 6. The molecule has 4 aromatic rings. The van der Waals surface area contributed by atoms with Crippen molar-refractivity contribution in [2.75, 3.05) is 26.3 Å². The summed E-state index contributed by atoms with van der Waals surface area (Å²) in [4.78, 5) is 77.4. The van der Waals surface area contributed by atoms with Crippen LogP contribution < -0.4 is 0 Å². The van der Waals surface area contributed by atoms with Crippen molar-refractivity contribution >= 4 is 46.9 Å². The normalized spacial score (nSPS) is 13.7. The molecule has 14 nitrogen and oxygen atoms in total. The molecular formula is C34H24N4O10. The third-order valence-corrected chi connectivity index (χ3v) is 7.53. The fourth-order valence-corrected chi connectivity index (χ4v) is 5.11. The second-order valence-corrected chi connectivity index (χ2v) is 10.5. The van der Waals surface area contributed by atoms with Crippen LogP contribution in [-0.2, 0) is 9.47 Å². The summed E-state index contributed by atoms with van der Waals surface area (Å²) in [5.74, 6) is -4.67. The molecule has 0 saturated carbocycles. The number of benzene rings is 4. The van der Waals surface area contributed by atoms with Gasteiger partial charge in [0.15, 0.2) is 0 Å². The van der Waals surface area contributed by atoms with Crippen LogP contribution in [0.4, 0.5) is 11.4 Å². The molecule has 0 radical (unpaired) electrons. The van der Waals surface area contributed by atoms with E-state index in [2.05, 4.69) is 10.2 Å². The molecule has 6 rings (SSSR count). The lowest BCUT2D eigenvalue weighted by Gasteiger charge is -2.14. The summed E-state index contributed by atoms with van der Waals surface area (Å²) in [6.45, 7) is -1.01. The van der Waals surface area contributed by atoms with E-state index in [9.17, 15) is 39.0 Å². The smallest absolute Gasteiger partial charge is 0.342 e. The minimum absolute atomic E-state index is 0.123. The van der Waals surface area contributed by atoms with Crippen molar-refractivity contribution in [1.82, 2.24) is 9.80 Å². The predicted molar refractivity (Wildman–Crippen MR) is 165 cm³/mol. The van der Waals surface area contributed by atoms with Gasteiger partial charge in [0.05, 0.1) is 46.7 Å². The zero-order valence-electron chi connectivity index (χ0n) is 24.9. The van der Waals surface area contributed by atoms with Gasteiger partial charge in [0.25, 0.3) is 23.6 Å². The maximum atomic E-state index is 12.7. The van der Waals surface area contributed by atoms with E-state index in [-0.39, 0.29) is 71.1 Å². The summed E-state index contributed by atoms with van der Waals surface area (Å²) in [6.07, 6.45) is 0. The molecule has 2 aliphatic rings. The average molecular weight is 649 g/mol. The number of fused-ring (bicyclic) bond motifs is 2. The Balaban J connectivity index is 1.05. The van der Waals surface area contributed by atoms with Crippen molar-refractivity contribution < 1.29 is 48.5 Å². The lowest BCUT2D eigenvalue weighted by molar-refractivity contribution is 0.0417. The van der Waals surface area contributed by atoms with Crippen molar-refractivity contribution in [2.45, 2.75) is 0 Å². The van der Waals surface area contributed by atoms with Gasteiger partial charge in [0, 0.05) is 0 Å². The summed E-state index contributed by atoms with van der Waals surface area (Å²) in [6, 6.07) is 20.2. The molecule has 0 bridgehead atoms. The van der Waals surface area contributed by atoms with Crippen molar-refractivity contribution in [1.29, 1.82) is 0 Å². The summed E-state index contributed by atoms with van der Waals surface area (Å²) in [7, 11) is 0. The van der Waals surface area contributed by atoms with Crippen molar-refractivity contribution in [3.05, 3.63) is 118 Å². The number of phenols is 2. The molecule has 240 valence electrons. The molecule has 4 amide bonds. The van der Waals surface area contributed by atoms with Crippen LogP contribution in [0, 0.1) is 0 Å². The fraction of sp³-hybridized carbons (Fsp3) is 0.118. The van der Waals surface area contributed by atoms with Crippen molar-refractivity contribution in [3.63, 3.8) is 0 Å². The fourth-order valence-electron chi connectivity index (χ4n) is 5.11. The highest BCUT2D eigenvalue weighted by molar-refractivity contribution is 6.22. The number of aromatic hydroxyl groups is 2. The minimum Gasteiger partial charge on any atom is -0.507 e. The first kappa shape index (κ1) is 31.3. The third kappa shape index (κ3) is 5.97. The average Bonchev–Trinajstić information content (AvgIpc) is 3.48. The first-order chi connectivity index (χ1) is 23.1. The Hall–Kier alpha value is -6.70. The quantitative estimate of drug-likeness (QED) is 0.141. The minimum atomic E-state index is -0.933. The number of carbonyl (C=O) groups is 6. The lowest BCUT2D eigenvalue weighted by Crippen LogP contribution is -2.33. The van der Waals surface area contributed by atoms with Crippen LogP contribution in [0.5, 0.6) is 11.5 Å². The van der Waals surface area contributed by atoms with Gasteiger partial charge in [-0.1, -0.05) is 24.3 Å². The van der Waals surface area contributed by atoms with Gasteiger partial charge < -0.3 is 19.7 Å². The number of phenolic OH excluding ortho intramolecular Hbond substituents is 2. The number of imide groups is 2. The Morgan fingerprint density at radius 2 is 0.875 bits per heavy atom. The van der Waals surface area contributed by atoms with E-state index < -0.39 is 47.1 Å². The maximum Gasteiger partial charge on any atom is 0.342 e. The van der Waals surface area contributed by atoms with Gasteiger partial charge in [-0.3, -0.25) is 29.0 Å².